The Hall–Kier alpha value is -1.02. The molecule has 0 heterocycles. The van der Waals surface area contributed by atoms with Crippen LogP contribution in [-0.4, -0.2) is 19.1 Å². The molecule has 112 valence electrons. The number of benzene rings is 1. The molecular weight excluding hydrogens is 244 g/mol. The minimum Gasteiger partial charge on any atom is -0.372 e. The molecule has 1 atom stereocenters. The fourth-order valence-corrected chi connectivity index (χ4v) is 3.36. The maximum atomic E-state index is 3.75. The average Bonchev–Trinajstić information content (AvgIpc) is 2.78. The first-order valence-corrected chi connectivity index (χ1v) is 8.14. The second-order valence-electron chi connectivity index (χ2n) is 6.65. The van der Waals surface area contributed by atoms with Crippen LogP contribution in [0.25, 0.3) is 0 Å². The maximum absolute atomic E-state index is 3.75. The zero-order valence-corrected chi connectivity index (χ0v) is 13.6. The molecule has 1 fully saturated rings. The summed E-state index contributed by atoms with van der Waals surface area (Å²) >= 11 is 0. The molecule has 0 aliphatic heterocycles. The highest BCUT2D eigenvalue weighted by atomic mass is 15.1. The fraction of sp³-hybridized carbons (Fsp3) is 0.667. The topological polar surface area (TPSA) is 15.3 Å². The Morgan fingerprint density at radius 2 is 1.80 bits per heavy atom. The fourth-order valence-electron chi connectivity index (χ4n) is 3.36. The van der Waals surface area contributed by atoms with Crippen LogP contribution in [0.2, 0.25) is 0 Å². The highest BCUT2D eigenvalue weighted by Crippen LogP contribution is 2.37. The van der Waals surface area contributed by atoms with E-state index in [4.69, 9.17) is 0 Å². The zero-order chi connectivity index (χ0) is 14.6. The van der Waals surface area contributed by atoms with Crippen LogP contribution >= 0.6 is 0 Å². The predicted octanol–water partition coefficient (Wildman–Crippen LogP) is 4.20. The van der Waals surface area contributed by atoms with Gasteiger partial charge in [0.2, 0.25) is 0 Å². The van der Waals surface area contributed by atoms with Gasteiger partial charge in [-0.05, 0) is 49.8 Å². The summed E-state index contributed by atoms with van der Waals surface area (Å²) < 4.78 is 0. The van der Waals surface area contributed by atoms with E-state index in [9.17, 15) is 0 Å². The van der Waals surface area contributed by atoms with Crippen LogP contribution in [0.5, 0.6) is 0 Å². The SMILES string of the molecule is CCN(CC)c1ccc(CNC2CCCC2(C)C)cc1. The summed E-state index contributed by atoms with van der Waals surface area (Å²) in [4.78, 5) is 2.39. The second-order valence-corrected chi connectivity index (χ2v) is 6.65. The van der Waals surface area contributed by atoms with Crippen LogP contribution in [0.4, 0.5) is 5.69 Å². The smallest absolute Gasteiger partial charge is 0.0366 e. The lowest BCUT2D eigenvalue weighted by atomic mass is 9.87. The van der Waals surface area contributed by atoms with Gasteiger partial charge in [0.05, 0.1) is 0 Å². The van der Waals surface area contributed by atoms with Gasteiger partial charge in [-0.2, -0.15) is 0 Å². The van der Waals surface area contributed by atoms with E-state index < -0.39 is 0 Å². The van der Waals surface area contributed by atoms with Gasteiger partial charge in [-0.3, -0.25) is 0 Å². The van der Waals surface area contributed by atoms with Crippen molar-refractivity contribution in [1.82, 2.24) is 5.32 Å². The van der Waals surface area contributed by atoms with Gasteiger partial charge in [-0.15, -0.1) is 0 Å². The van der Waals surface area contributed by atoms with E-state index in [1.54, 1.807) is 0 Å². The Labute approximate surface area is 124 Å². The summed E-state index contributed by atoms with van der Waals surface area (Å²) in [6.45, 7) is 12.3. The normalized spacial score (nSPS) is 21.1. The Kier molecular flexibility index (Phi) is 5.09. The Bertz CT molecular complexity index is 404. The first kappa shape index (κ1) is 15.4. The molecule has 20 heavy (non-hydrogen) atoms. The molecule has 0 radical (unpaired) electrons. The Morgan fingerprint density at radius 1 is 1.15 bits per heavy atom. The highest BCUT2D eigenvalue weighted by Gasteiger charge is 2.33. The predicted molar refractivity (Wildman–Crippen MR) is 88.3 cm³/mol. The van der Waals surface area contributed by atoms with Gasteiger partial charge in [0.25, 0.3) is 0 Å². The van der Waals surface area contributed by atoms with Crippen LogP contribution in [-0.2, 0) is 6.54 Å². The van der Waals surface area contributed by atoms with E-state index in [-0.39, 0.29) is 0 Å². The molecule has 1 aliphatic carbocycles. The minimum atomic E-state index is 0.459. The zero-order valence-electron chi connectivity index (χ0n) is 13.6. The van der Waals surface area contributed by atoms with Gasteiger partial charge in [0.15, 0.2) is 0 Å². The van der Waals surface area contributed by atoms with E-state index in [1.165, 1.54) is 30.5 Å². The van der Waals surface area contributed by atoms with Crippen molar-refractivity contribution in [1.29, 1.82) is 0 Å². The van der Waals surface area contributed by atoms with Crippen molar-refractivity contribution < 1.29 is 0 Å². The molecule has 1 aromatic carbocycles. The molecule has 0 amide bonds. The summed E-state index contributed by atoms with van der Waals surface area (Å²) in [7, 11) is 0. The van der Waals surface area contributed by atoms with Crippen LogP contribution in [0, 0.1) is 5.41 Å². The Balaban J connectivity index is 1.91. The molecule has 0 spiro atoms. The van der Waals surface area contributed by atoms with E-state index in [1.807, 2.05) is 0 Å². The molecule has 2 nitrogen and oxygen atoms in total. The van der Waals surface area contributed by atoms with Crippen molar-refractivity contribution in [3.8, 4) is 0 Å². The summed E-state index contributed by atoms with van der Waals surface area (Å²) in [5, 5.41) is 3.75. The van der Waals surface area contributed by atoms with Crippen molar-refractivity contribution in [2.24, 2.45) is 5.41 Å². The molecule has 1 aliphatic rings. The van der Waals surface area contributed by atoms with Crippen molar-refractivity contribution >= 4 is 5.69 Å². The quantitative estimate of drug-likeness (QED) is 0.836. The van der Waals surface area contributed by atoms with Crippen LogP contribution in [0.15, 0.2) is 24.3 Å². The standard InChI is InChI=1S/C18H30N2/c1-5-20(6-2)16-11-9-15(10-12-16)14-19-17-8-7-13-18(17,3)4/h9-12,17,19H,5-8,13-14H2,1-4H3. The first-order chi connectivity index (χ1) is 9.56. The number of hydrogen-bond acceptors (Lipinski definition) is 2. The third-order valence-electron chi connectivity index (χ3n) is 4.87. The van der Waals surface area contributed by atoms with Crippen LogP contribution < -0.4 is 10.2 Å². The second kappa shape index (κ2) is 6.62. The van der Waals surface area contributed by atoms with Crippen molar-refractivity contribution in [2.45, 2.75) is 59.5 Å². The summed E-state index contributed by atoms with van der Waals surface area (Å²) in [5.41, 5.74) is 3.18. The lowest BCUT2D eigenvalue weighted by Gasteiger charge is -2.28. The molecule has 0 bridgehead atoms. The van der Waals surface area contributed by atoms with Gasteiger partial charge in [-0.25, -0.2) is 0 Å². The largest absolute Gasteiger partial charge is 0.372 e. The third-order valence-corrected chi connectivity index (χ3v) is 4.87. The minimum absolute atomic E-state index is 0.459. The van der Waals surface area contributed by atoms with Gasteiger partial charge >= 0.3 is 0 Å². The molecule has 2 heteroatoms. The molecule has 0 saturated heterocycles. The van der Waals surface area contributed by atoms with Crippen molar-refractivity contribution in [3.05, 3.63) is 29.8 Å². The van der Waals surface area contributed by atoms with Crippen molar-refractivity contribution in [2.75, 3.05) is 18.0 Å². The molecule has 1 aromatic rings. The summed E-state index contributed by atoms with van der Waals surface area (Å²) in [5.74, 6) is 0. The Morgan fingerprint density at radius 3 is 2.30 bits per heavy atom. The van der Waals surface area contributed by atoms with Crippen molar-refractivity contribution in [3.63, 3.8) is 0 Å². The van der Waals surface area contributed by atoms with Crippen LogP contribution in [0.1, 0.15) is 52.5 Å². The third kappa shape index (κ3) is 3.54. The van der Waals surface area contributed by atoms with E-state index >= 15 is 0 Å². The number of anilines is 1. The maximum Gasteiger partial charge on any atom is 0.0366 e. The number of nitrogens with zero attached hydrogens (tertiary/aromatic N) is 1. The molecule has 1 N–H and O–H groups in total. The lowest BCUT2D eigenvalue weighted by Crippen LogP contribution is -2.37. The number of nitrogens with one attached hydrogen (secondary N) is 1. The number of rotatable bonds is 6. The van der Waals surface area contributed by atoms with E-state index in [2.05, 4.69) is 62.2 Å². The summed E-state index contributed by atoms with van der Waals surface area (Å²) in [6, 6.07) is 9.71. The van der Waals surface area contributed by atoms with Gasteiger partial charge < -0.3 is 10.2 Å². The lowest BCUT2D eigenvalue weighted by molar-refractivity contribution is 0.282. The molecular formula is C18H30N2. The molecule has 1 saturated carbocycles. The van der Waals surface area contributed by atoms with E-state index in [0.29, 0.717) is 11.5 Å². The first-order valence-electron chi connectivity index (χ1n) is 8.14. The molecule has 0 aromatic heterocycles. The van der Waals surface area contributed by atoms with Gasteiger partial charge in [-0.1, -0.05) is 32.4 Å². The highest BCUT2D eigenvalue weighted by molar-refractivity contribution is 5.47. The molecule has 1 unspecified atom stereocenters. The van der Waals surface area contributed by atoms with Crippen LogP contribution in [0.3, 0.4) is 0 Å². The van der Waals surface area contributed by atoms with Gasteiger partial charge in [0.1, 0.15) is 0 Å². The monoisotopic (exact) mass is 274 g/mol. The average molecular weight is 274 g/mol. The molecule has 2 rings (SSSR count). The van der Waals surface area contributed by atoms with E-state index in [0.717, 1.165) is 19.6 Å². The summed E-state index contributed by atoms with van der Waals surface area (Å²) in [6.07, 6.45) is 4.04. The number of hydrogen-bond donors (Lipinski definition) is 1. The van der Waals surface area contributed by atoms with Gasteiger partial charge in [0, 0.05) is 31.4 Å².